The molecule has 0 fully saturated rings. The Hall–Kier alpha value is -2.49. The van der Waals surface area contributed by atoms with Crippen molar-refractivity contribution in [3.05, 3.63) is 59.7 Å². The molecule has 0 aliphatic rings. The number of hydrogen-bond acceptors (Lipinski definition) is 3. The number of amides is 1. The second-order valence-electron chi connectivity index (χ2n) is 5.08. The topological polar surface area (TPSA) is 47.6 Å². The second-order valence-corrected chi connectivity index (χ2v) is 5.08. The van der Waals surface area contributed by atoms with Gasteiger partial charge >= 0.3 is 0 Å². The Bertz CT molecular complexity index is 605. The van der Waals surface area contributed by atoms with Crippen LogP contribution in [0, 0.1) is 0 Å². The van der Waals surface area contributed by atoms with Crippen LogP contribution in [-0.2, 0) is 11.2 Å². The molecule has 0 aromatic heterocycles. The van der Waals surface area contributed by atoms with Crippen molar-refractivity contribution in [2.75, 3.05) is 14.2 Å². The number of hydrogen-bond donors (Lipinski definition) is 1. The summed E-state index contributed by atoms with van der Waals surface area (Å²) in [7, 11) is 3.28. The Morgan fingerprint density at radius 1 is 0.955 bits per heavy atom. The summed E-state index contributed by atoms with van der Waals surface area (Å²) in [5, 5.41) is 3.00. The van der Waals surface area contributed by atoms with Gasteiger partial charge in [-0.05, 0) is 41.8 Å². The van der Waals surface area contributed by atoms with Crippen molar-refractivity contribution < 1.29 is 14.3 Å². The molecule has 4 nitrogen and oxygen atoms in total. The van der Waals surface area contributed by atoms with Crippen LogP contribution in [0.5, 0.6) is 11.5 Å². The average molecular weight is 299 g/mol. The van der Waals surface area contributed by atoms with Gasteiger partial charge in [0.2, 0.25) is 5.91 Å². The number of rotatable bonds is 6. The highest BCUT2D eigenvalue weighted by Crippen LogP contribution is 2.22. The van der Waals surface area contributed by atoms with E-state index < -0.39 is 0 Å². The van der Waals surface area contributed by atoms with Gasteiger partial charge in [0, 0.05) is 6.92 Å². The summed E-state index contributed by atoms with van der Waals surface area (Å²) in [4.78, 5) is 11.5. The van der Waals surface area contributed by atoms with Gasteiger partial charge in [-0.15, -0.1) is 0 Å². The summed E-state index contributed by atoms with van der Waals surface area (Å²) in [5.41, 5.74) is 2.18. The Morgan fingerprint density at radius 3 is 1.91 bits per heavy atom. The molecule has 4 heteroatoms. The van der Waals surface area contributed by atoms with Crippen LogP contribution < -0.4 is 14.8 Å². The van der Waals surface area contributed by atoms with Crippen molar-refractivity contribution in [3.63, 3.8) is 0 Å². The van der Waals surface area contributed by atoms with Crippen molar-refractivity contribution in [1.29, 1.82) is 0 Å². The molecule has 1 unspecified atom stereocenters. The van der Waals surface area contributed by atoms with Gasteiger partial charge < -0.3 is 14.8 Å². The molecule has 0 aliphatic carbocycles. The highest BCUT2D eigenvalue weighted by molar-refractivity contribution is 5.73. The van der Waals surface area contributed by atoms with Gasteiger partial charge in [-0.1, -0.05) is 24.3 Å². The first-order valence-electron chi connectivity index (χ1n) is 7.16. The molecule has 22 heavy (non-hydrogen) atoms. The Kier molecular flexibility index (Phi) is 5.42. The summed E-state index contributed by atoms with van der Waals surface area (Å²) in [6.45, 7) is 1.53. The third kappa shape index (κ3) is 4.25. The monoisotopic (exact) mass is 299 g/mol. The lowest BCUT2D eigenvalue weighted by Gasteiger charge is -2.19. The van der Waals surface area contributed by atoms with Gasteiger partial charge in [0.05, 0.1) is 20.3 Å². The summed E-state index contributed by atoms with van der Waals surface area (Å²) in [6.07, 6.45) is 0.718. The predicted molar refractivity (Wildman–Crippen MR) is 86.2 cm³/mol. The van der Waals surface area contributed by atoms with Crippen molar-refractivity contribution in [1.82, 2.24) is 5.32 Å². The van der Waals surface area contributed by atoms with Crippen molar-refractivity contribution >= 4 is 5.91 Å². The van der Waals surface area contributed by atoms with Crippen LogP contribution in [-0.4, -0.2) is 20.1 Å². The van der Waals surface area contributed by atoms with Crippen LogP contribution in [0.1, 0.15) is 24.1 Å². The SMILES string of the molecule is COc1ccc(CC(NC(C)=O)c2ccc(OC)cc2)cc1. The number of methoxy groups -OCH3 is 2. The quantitative estimate of drug-likeness (QED) is 0.891. The van der Waals surface area contributed by atoms with E-state index in [0.717, 1.165) is 29.0 Å². The van der Waals surface area contributed by atoms with Crippen LogP contribution in [0.2, 0.25) is 0 Å². The molecule has 0 heterocycles. The Balaban J connectivity index is 2.18. The minimum absolute atomic E-state index is 0.0469. The molecule has 0 saturated carbocycles. The molecule has 2 aromatic carbocycles. The third-order valence-corrected chi connectivity index (χ3v) is 3.49. The number of nitrogens with one attached hydrogen (secondary N) is 1. The number of benzene rings is 2. The molecule has 0 spiro atoms. The first kappa shape index (κ1) is 15.9. The van der Waals surface area contributed by atoms with E-state index in [9.17, 15) is 4.79 Å². The molecular weight excluding hydrogens is 278 g/mol. The van der Waals surface area contributed by atoms with E-state index in [2.05, 4.69) is 5.32 Å². The highest BCUT2D eigenvalue weighted by atomic mass is 16.5. The lowest BCUT2D eigenvalue weighted by molar-refractivity contribution is -0.119. The molecule has 1 atom stereocenters. The van der Waals surface area contributed by atoms with Crippen LogP contribution in [0.4, 0.5) is 0 Å². The maximum absolute atomic E-state index is 11.5. The molecule has 116 valence electrons. The van der Waals surface area contributed by atoms with Gasteiger partial charge in [-0.2, -0.15) is 0 Å². The van der Waals surface area contributed by atoms with Crippen molar-refractivity contribution in [3.8, 4) is 11.5 Å². The van der Waals surface area contributed by atoms with E-state index in [-0.39, 0.29) is 11.9 Å². The van der Waals surface area contributed by atoms with Gasteiger partial charge in [0.15, 0.2) is 0 Å². The molecule has 1 N–H and O–H groups in total. The van der Waals surface area contributed by atoms with Gasteiger partial charge in [0.25, 0.3) is 0 Å². The molecule has 1 amide bonds. The summed E-state index contributed by atoms with van der Waals surface area (Å²) in [6, 6.07) is 15.6. The molecule has 0 radical (unpaired) electrons. The fourth-order valence-electron chi connectivity index (χ4n) is 2.33. The van der Waals surface area contributed by atoms with Crippen molar-refractivity contribution in [2.24, 2.45) is 0 Å². The summed E-state index contributed by atoms with van der Waals surface area (Å²) < 4.78 is 10.3. The standard InChI is InChI=1S/C18H21NO3/c1-13(20)19-18(15-6-10-17(22-3)11-7-15)12-14-4-8-16(21-2)9-5-14/h4-11,18H,12H2,1-3H3,(H,19,20). The first-order chi connectivity index (χ1) is 10.6. The molecule has 2 rings (SSSR count). The zero-order valence-corrected chi connectivity index (χ0v) is 13.1. The van der Waals surface area contributed by atoms with Gasteiger partial charge in [0.1, 0.15) is 11.5 Å². The van der Waals surface area contributed by atoms with Crippen LogP contribution in [0.25, 0.3) is 0 Å². The zero-order chi connectivity index (χ0) is 15.9. The maximum Gasteiger partial charge on any atom is 0.217 e. The lowest BCUT2D eigenvalue weighted by Crippen LogP contribution is -2.27. The van der Waals surface area contributed by atoms with E-state index in [1.807, 2.05) is 48.5 Å². The van der Waals surface area contributed by atoms with E-state index in [0.29, 0.717) is 0 Å². The van der Waals surface area contributed by atoms with Crippen LogP contribution in [0.15, 0.2) is 48.5 Å². The largest absolute Gasteiger partial charge is 0.497 e. The van der Waals surface area contributed by atoms with E-state index in [1.165, 1.54) is 6.92 Å². The van der Waals surface area contributed by atoms with E-state index >= 15 is 0 Å². The number of carbonyl (C=O) groups is 1. The Labute approximate surface area is 131 Å². The molecule has 0 saturated heterocycles. The van der Waals surface area contributed by atoms with Crippen LogP contribution in [0.3, 0.4) is 0 Å². The minimum atomic E-state index is -0.0724. The fraction of sp³-hybridized carbons (Fsp3) is 0.278. The number of ether oxygens (including phenoxy) is 2. The van der Waals surface area contributed by atoms with Gasteiger partial charge in [-0.25, -0.2) is 0 Å². The molecule has 0 bridgehead atoms. The average Bonchev–Trinajstić information content (AvgIpc) is 2.54. The Morgan fingerprint density at radius 2 is 1.45 bits per heavy atom. The molecule has 2 aromatic rings. The van der Waals surface area contributed by atoms with Gasteiger partial charge in [-0.3, -0.25) is 4.79 Å². The minimum Gasteiger partial charge on any atom is -0.497 e. The normalized spacial score (nSPS) is 11.6. The second kappa shape index (κ2) is 7.50. The fourth-order valence-corrected chi connectivity index (χ4v) is 2.33. The number of carbonyl (C=O) groups excluding carboxylic acids is 1. The smallest absolute Gasteiger partial charge is 0.217 e. The van der Waals surface area contributed by atoms with E-state index in [1.54, 1.807) is 14.2 Å². The lowest BCUT2D eigenvalue weighted by atomic mass is 9.98. The van der Waals surface area contributed by atoms with Crippen LogP contribution >= 0.6 is 0 Å². The maximum atomic E-state index is 11.5. The molecule has 0 aliphatic heterocycles. The first-order valence-corrected chi connectivity index (χ1v) is 7.16. The summed E-state index contributed by atoms with van der Waals surface area (Å²) in [5.74, 6) is 1.58. The summed E-state index contributed by atoms with van der Waals surface area (Å²) >= 11 is 0. The third-order valence-electron chi connectivity index (χ3n) is 3.49. The predicted octanol–water partition coefficient (Wildman–Crippen LogP) is 3.12. The molecular formula is C18H21NO3. The van der Waals surface area contributed by atoms with Crippen molar-refractivity contribution in [2.45, 2.75) is 19.4 Å². The highest BCUT2D eigenvalue weighted by Gasteiger charge is 2.13. The van der Waals surface area contributed by atoms with E-state index in [4.69, 9.17) is 9.47 Å². The zero-order valence-electron chi connectivity index (χ0n) is 13.1.